The van der Waals surface area contributed by atoms with Crippen molar-refractivity contribution >= 4 is 16.0 Å². The Labute approximate surface area is 205 Å². The van der Waals surface area contributed by atoms with Gasteiger partial charge in [0.1, 0.15) is 11.4 Å². The number of benzene rings is 3. The Hall–Kier alpha value is -3.58. The van der Waals surface area contributed by atoms with Gasteiger partial charge in [0.15, 0.2) is 6.23 Å². The first kappa shape index (κ1) is 23.2. The van der Waals surface area contributed by atoms with E-state index in [1.54, 1.807) is 37.3 Å². The van der Waals surface area contributed by atoms with Crippen molar-refractivity contribution in [2.45, 2.75) is 37.3 Å². The highest BCUT2D eigenvalue weighted by molar-refractivity contribution is 7.89. The number of sulfonamides is 1. The molecule has 180 valence electrons. The molecule has 3 atom stereocenters. The van der Waals surface area contributed by atoms with E-state index in [1.165, 1.54) is 0 Å². The molecule has 0 amide bonds. The highest BCUT2D eigenvalue weighted by Gasteiger charge is 2.50. The Balaban J connectivity index is 1.71. The summed E-state index contributed by atoms with van der Waals surface area (Å²) in [6.45, 7) is 3.72. The van der Waals surface area contributed by atoms with Crippen LogP contribution in [0.2, 0.25) is 0 Å². The van der Waals surface area contributed by atoms with Crippen LogP contribution in [0.3, 0.4) is 0 Å². The van der Waals surface area contributed by atoms with E-state index in [-0.39, 0.29) is 29.0 Å². The molecule has 0 fully saturated rings. The summed E-state index contributed by atoms with van der Waals surface area (Å²) in [5.41, 5.74) is 2.91. The van der Waals surface area contributed by atoms with Crippen LogP contribution in [0.4, 0.5) is 0 Å². The number of hydrogen-bond donors (Lipinski definition) is 0. The van der Waals surface area contributed by atoms with Gasteiger partial charge in [0.05, 0.1) is 11.5 Å². The SMILES string of the molecule is CCOC(=O)C1=C[C@H](c2ccccc2)[C@H]2Cc3ccccc3O[C@H]2N1S(=O)(=O)c1ccc(C)cc1. The van der Waals surface area contributed by atoms with Crippen LogP contribution >= 0.6 is 0 Å². The maximum atomic E-state index is 14.0. The Morgan fingerprint density at radius 2 is 1.69 bits per heavy atom. The summed E-state index contributed by atoms with van der Waals surface area (Å²) in [5.74, 6) is -0.552. The van der Waals surface area contributed by atoms with E-state index in [1.807, 2.05) is 61.5 Å². The Morgan fingerprint density at radius 1 is 1.00 bits per heavy atom. The fourth-order valence-electron chi connectivity index (χ4n) is 4.86. The second-order valence-electron chi connectivity index (χ2n) is 8.81. The summed E-state index contributed by atoms with van der Waals surface area (Å²) < 4.78 is 40.9. The summed E-state index contributed by atoms with van der Waals surface area (Å²) in [5, 5.41) is 0. The van der Waals surface area contributed by atoms with Crippen molar-refractivity contribution in [3.05, 3.63) is 107 Å². The third kappa shape index (κ3) is 4.21. The van der Waals surface area contributed by atoms with Gasteiger partial charge >= 0.3 is 5.97 Å². The Kier molecular flexibility index (Phi) is 6.11. The van der Waals surface area contributed by atoms with Gasteiger partial charge in [-0.2, -0.15) is 0 Å². The Morgan fingerprint density at radius 3 is 2.40 bits per heavy atom. The van der Waals surface area contributed by atoms with Gasteiger partial charge in [-0.25, -0.2) is 17.5 Å². The maximum Gasteiger partial charge on any atom is 0.355 e. The van der Waals surface area contributed by atoms with E-state index in [0.717, 1.165) is 21.0 Å². The van der Waals surface area contributed by atoms with Crippen LogP contribution in [0.5, 0.6) is 5.75 Å². The molecule has 0 aliphatic carbocycles. The molecule has 0 bridgehead atoms. The molecule has 7 heteroatoms. The monoisotopic (exact) mass is 489 g/mol. The van der Waals surface area contributed by atoms with Crippen LogP contribution < -0.4 is 4.74 Å². The molecule has 2 aliphatic rings. The lowest BCUT2D eigenvalue weighted by Crippen LogP contribution is -2.55. The van der Waals surface area contributed by atoms with Crippen LogP contribution in [0, 0.1) is 12.8 Å². The third-order valence-electron chi connectivity index (χ3n) is 6.56. The normalized spacial score (nSPS) is 21.3. The summed E-state index contributed by atoms with van der Waals surface area (Å²) in [4.78, 5) is 13.3. The van der Waals surface area contributed by atoms with Gasteiger partial charge in [-0.05, 0) is 55.7 Å². The van der Waals surface area contributed by atoms with Gasteiger partial charge in [-0.15, -0.1) is 0 Å². The molecule has 0 radical (unpaired) electrons. The van der Waals surface area contributed by atoms with E-state index >= 15 is 0 Å². The number of aryl methyl sites for hydroxylation is 1. The largest absolute Gasteiger partial charge is 0.469 e. The summed E-state index contributed by atoms with van der Waals surface area (Å²) in [7, 11) is -4.13. The van der Waals surface area contributed by atoms with Crippen molar-refractivity contribution in [1.29, 1.82) is 0 Å². The maximum absolute atomic E-state index is 14.0. The highest BCUT2D eigenvalue weighted by Crippen LogP contribution is 2.46. The topological polar surface area (TPSA) is 72.9 Å². The molecule has 35 heavy (non-hydrogen) atoms. The zero-order chi connectivity index (χ0) is 24.6. The third-order valence-corrected chi connectivity index (χ3v) is 8.35. The average Bonchev–Trinajstić information content (AvgIpc) is 2.87. The van der Waals surface area contributed by atoms with Gasteiger partial charge in [0, 0.05) is 11.8 Å². The first-order valence-corrected chi connectivity index (χ1v) is 13.1. The summed E-state index contributed by atoms with van der Waals surface area (Å²) >= 11 is 0. The van der Waals surface area contributed by atoms with E-state index < -0.39 is 22.2 Å². The van der Waals surface area contributed by atoms with E-state index in [4.69, 9.17) is 9.47 Å². The number of rotatable bonds is 5. The number of carbonyl (C=O) groups is 1. The second kappa shape index (κ2) is 9.23. The van der Waals surface area contributed by atoms with Gasteiger partial charge in [-0.3, -0.25) is 0 Å². The lowest BCUT2D eigenvalue weighted by molar-refractivity contribution is -0.141. The van der Waals surface area contributed by atoms with E-state index in [9.17, 15) is 13.2 Å². The second-order valence-corrected chi connectivity index (χ2v) is 10.6. The number of ether oxygens (including phenoxy) is 2. The molecule has 5 rings (SSSR count). The number of fused-ring (bicyclic) bond motifs is 2. The van der Waals surface area contributed by atoms with Gasteiger partial charge in [0.25, 0.3) is 10.0 Å². The minimum Gasteiger partial charge on any atom is -0.469 e. The molecule has 2 aliphatic heterocycles. The molecule has 0 N–H and O–H groups in total. The van der Waals surface area contributed by atoms with Crippen LogP contribution in [0.1, 0.15) is 29.5 Å². The number of nitrogens with zero attached hydrogens (tertiary/aromatic N) is 1. The lowest BCUT2D eigenvalue weighted by atomic mass is 9.77. The quantitative estimate of drug-likeness (QED) is 0.481. The van der Waals surface area contributed by atoms with Crippen molar-refractivity contribution in [2.75, 3.05) is 6.61 Å². The number of allylic oxidation sites excluding steroid dienone is 1. The smallest absolute Gasteiger partial charge is 0.355 e. The minimum absolute atomic E-state index is 0.0260. The highest BCUT2D eigenvalue weighted by atomic mass is 32.2. The Bertz CT molecular complexity index is 1370. The predicted molar refractivity (Wildman–Crippen MR) is 132 cm³/mol. The fraction of sp³-hybridized carbons (Fsp3) is 0.250. The molecule has 0 spiro atoms. The fourth-order valence-corrected chi connectivity index (χ4v) is 6.44. The lowest BCUT2D eigenvalue weighted by Gasteiger charge is -2.46. The molecular weight excluding hydrogens is 462 g/mol. The molecule has 3 aromatic carbocycles. The first-order chi connectivity index (χ1) is 16.9. The average molecular weight is 490 g/mol. The number of esters is 1. The zero-order valence-corrected chi connectivity index (χ0v) is 20.4. The predicted octanol–water partition coefficient (Wildman–Crippen LogP) is 4.81. The zero-order valence-electron chi connectivity index (χ0n) is 19.6. The van der Waals surface area contributed by atoms with Crippen molar-refractivity contribution in [2.24, 2.45) is 5.92 Å². The molecule has 6 nitrogen and oxygen atoms in total. The van der Waals surface area contributed by atoms with Crippen molar-refractivity contribution in [1.82, 2.24) is 4.31 Å². The number of para-hydroxylation sites is 1. The van der Waals surface area contributed by atoms with Gasteiger partial charge in [-0.1, -0.05) is 66.2 Å². The van der Waals surface area contributed by atoms with E-state index in [0.29, 0.717) is 12.2 Å². The van der Waals surface area contributed by atoms with Gasteiger partial charge < -0.3 is 9.47 Å². The molecule has 3 aromatic rings. The molecule has 0 aromatic heterocycles. The van der Waals surface area contributed by atoms with E-state index in [2.05, 4.69) is 0 Å². The van der Waals surface area contributed by atoms with Crippen LogP contribution in [-0.4, -0.2) is 31.5 Å². The molecule has 2 heterocycles. The van der Waals surface area contributed by atoms with Crippen molar-refractivity contribution in [3.63, 3.8) is 0 Å². The van der Waals surface area contributed by atoms with Crippen LogP contribution in [0.25, 0.3) is 0 Å². The van der Waals surface area contributed by atoms with Crippen LogP contribution in [0.15, 0.2) is 95.5 Å². The summed E-state index contributed by atoms with van der Waals surface area (Å²) in [6, 6.07) is 24.0. The first-order valence-electron chi connectivity index (χ1n) is 11.7. The molecule has 0 saturated heterocycles. The van der Waals surface area contributed by atoms with Gasteiger partial charge in [0.2, 0.25) is 0 Å². The van der Waals surface area contributed by atoms with Crippen molar-refractivity contribution < 1.29 is 22.7 Å². The molecular formula is C28H27NO5S. The standard InChI is InChI=1S/C28H27NO5S/c1-3-33-28(30)25-18-23(20-9-5-4-6-10-20)24-17-21-11-7-8-12-26(21)34-27(24)29(25)35(31,32)22-15-13-19(2)14-16-22/h4-16,18,23-24,27H,3,17H2,1-2H3/t23-,24-,27-/m1/s1. The molecule has 0 saturated carbocycles. The van der Waals surface area contributed by atoms with Crippen LogP contribution in [-0.2, 0) is 26.0 Å². The minimum atomic E-state index is -4.13. The number of carbonyl (C=O) groups excluding carboxylic acids is 1. The summed E-state index contributed by atoms with van der Waals surface area (Å²) in [6.07, 6.45) is 1.43. The van der Waals surface area contributed by atoms with Crippen molar-refractivity contribution in [3.8, 4) is 5.75 Å². The molecule has 0 unspecified atom stereocenters. The number of hydrogen-bond acceptors (Lipinski definition) is 5.